The number of hydrogen-bond donors (Lipinski definition) is 4. The molecule has 4 atom stereocenters. The molecule has 2 saturated heterocycles. The second kappa shape index (κ2) is 28.5. The molecule has 21 heteroatoms. The van der Waals surface area contributed by atoms with Gasteiger partial charge in [-0.15, -0.1) is 0 Å². The Morgan fingerprint density at radius 2 is 1.05 bits per heavy atom. The SMILES string of the molecule is C=C(CC(=O)OC(C)C(=O)OCCCCOC(=O)C(C)OC(=O)CC(=C)C(=O)O)C(=O)O.C=C1CC(=O)OC1=O.CC1OC(=O)C(C)OC1=O.OCCCCO. The van der Waals surface area contributed by atoms with Crippen LogP contribution in [-0.2, 0) is 81.1 Å². The predicted molar refractivity (Wildman–Crippen MR) is 184 cm³/mol. The molecule has 0 saturated carbocycles. The van der Waals surface area contributed by atoms with Gasteiger partial charge in [-0.05, 0) is 53.4 Å². The van der Waals surface area contributed by atoms with Crippen molar-refractivity contribution >= 4 is 59.7 Å². The Morgan fingerprint density at radius 3 is 1.30 bits per heavy atom. The number of unbranched alkanes of at least 4 members (excludes halogenated alkanes) is 2. The van der Waals surface area contributed by atoms with Crippen molar-refractivity contribution in [3.8, 4) is 0 Å². The van der Waals surface area contributed by atoms with Crippen LogP contribution >= 0.6 is 0 Å². The fourth-order valence-electron chi connectivity index (χ4n) is 3.18. The van der Waals surface area contributed by atoms with Crippen LogP contribution in [0.2, 0.25) is 0 Å². The molecule has 0 aromatic heterocycles. The molecule has 2 aliphatic heterocycles. The molecular weight excluding hydrogens is 756 g/mol. The number of carbonyl (C=O) groups is 10. The fourth-order valence-corrected chi connectivity index (χ4v) is 3.18. The van der Waals surface area contributed by atoms with Gasteiger partial charge in [0.15, 0.2) is 24.4 Å². The monoisotopic (exact) mass is 804 g/mol. The summed E-state index contributed by atoms with van der Waals surface area (Å²) < 4.78 is 32.6. The van der Waals surface area contributed by atoms with Crippen LogP contribution in [0.25, 0.3) is 0 Å². The molecular formula is C35H48O21. The van der Waals surface area contributed by atoms with Crippen molar-refractivity contribution in [3.05, 3.63) is 36.5 Å². The number of cyclic esters (lactones) is 4. The number of carboxylic acid groups (broad SMARTS) is 2. The largest absolute Gasteiger partial charge is 0.478 e. The molecule has 0 amide bonds. The van der Waals surface area contributed by atoms with E-state index in [0.717, 1.165) is 12.8 Å². The number of hydrogen-bond acceptors (Lipinski definition) is 19. The van der Waals surface area contributed by atoms with Gasteiger partial charge in [-0.3, -0.25) is 14.4 Å². The average Bonchev–Trinajstić information content (AvgIpc) is 3.41. The van der Waals surface area contributed by atoms with Gasteiger partial charge >= 0.3 is 59.7 Å². The summed E-state index contributed by atoms with van der Waals surface area (Å²) >= 11 is 0. The van der Waals surface area contributed by atoms with E-state index in [4.69, 9.17) is 39.4 Å². The van der Waals surface area contributed by atoms with Crippen molar-refractivity contribution in [1.82, 2.24) is 0 Å². The first-order valence-electron chi connectivity index (χ1n) is 16.7. The maximum Gasteiger partial charge on any atom is 0.347 e. The van der Waals surface area contributed by atoms with Gasteiger partial charge in [0.2, 0.25) is 0 Å². The number of aliphatic carboxylic acids is 2. The van der Waals surface area contributed by atoms with Gasteiger partial charge in [0.1, 0.15) is 0 Å². The molecule has 56 heavy (non-hydrogen) atoms. The number of carbonyl (C=O) groups excluding carboxylic acids is 8. The van der Waals surface area contributed by atoms with Crippen LogP contribution < -0.4 is 0 Å². The van der Waals surface area contributed by atoms with E-state index >= 15 is 0 Å². The van der Waals surface area contributed by atoms with Gasteiger partial charge in [0, 0.05) is 29.9 Å². The first-order chi connectivity index (χ1) is 26.1. The minimum absolute atomic E-state index is 0.0536. The fraction of sp³-hybridized carbons (Fsp3) is 0.543. The van der Waals surface area contributed by atoms with Gasteiger partial charge in [-0.1, -0.05) is 19.7 Å². The number of aliphatic hydroxyl groups excluding tert-OH is 2. The summed E-state index contributed by atoms with van der Waals surface area (Å²) in [7, 11) is 0. The minimum atomic E-state index is -1.35. The summed E-state index contributed by atoms with van der Waals surface area (Å²) in [5.74, 6) is -8.29. The minimum Gasteiger partial charge on any atom is -0.478 e. The van der Waals surface area contributed by atoms with E-state index in [9.17, 15) is 47.9 Å². The van der Waals surface area contributed by atoms with Crippen molar-refractivity contribution in [3.63, 3.8) is 0 Å². The van der Waals surface area contributed by atoms with Gasteiger partial charge in [0.05, 0.1) is 32.5 Å². The Bertz CT molecular complexity index is 1350. The number of esters is 8. The second-order valence-corrected chi connectivity index (χ2v) is 11.3. The molecule has 0 aromatic carbocycles. The summed E-state index contributed by atoms with van der Waals surface area (Å²) in [6.45, 7) is 15.4. The first kappa shape index (κ1) is 52.1. The van der Waals surface area contributed by atoms with Crippen LogP contribution in [0.3, 0.4) is 0 Å². The van der Waals surface area contributed by atoms with Crippen LogP contribution in [0.15, 0.2) is 36.5 Å². The molecule has 0 bridgehead atoms. The van der Waals surface area contributed by atoms with Crippen LogP contribution in [-0.4, -0.2) is 131 Å². The predicted octanol–water partition coefficient (Wildman–Crippen LogP) is 0.409. The molecule has 2 heterocycles. The third kappa shape index (κ3) is 24.4. The molecule has 314 valence electrons. The quantitative estimate of drug-likeness (QED) is 0.0479. The average molecular weight is 805 g/mol. The molecule has 2 fully saturated rings. The Morgan fingerprint density at radius 1 is 0.696 bits per heavy atom. The molecule has 0 radical (unpaired) electrons. The lowest BCUT2D eigenvalue weighted by molar-refractivity contribution is -0.191. The molecule has 4 N–H and O–H groups in total. The lowest BCUT2D eigenvalue weighted by Crippen LogP contribution is -2.40. The number of carboxylic acids is 2. The summed E-state index contributed by atoms with van der Waals surface area (Å²) in [6.07, 6.45) is -3.01. The lowest BCUT2D eigenvalue weighted by atomic mass is 10.2. The summed E-state index contributed by atoms with van der Waals surface area (Å²) in [5, 5.41) is 33.5. The highest BCUT2D eigenvalue weighted by Gasteiger charge is 2.32. The van der Waals surface area contributed by atoms with E-state index in [2.05, 4.69) is 33.9 Å². The van der Waals surface area contributed by atoms with Gasteiger partial charge in [-0.25, -0.2) is 33.6 Å². The zero-order valence-corrected chi connectivity index (χ0v) is 31.4. The molecule has 4 unspecified atom stereocenters. The Labute approximate surface area is 321 Å². The van der Waals surface area contributed by atoms with E-state index in [1.807, 2.05) is 0 Å². The highest BCUT2D eigenvalue weighted by atomic mass is 16.6. The Hall–Kier alpha value is -5.96. The zero-order chi connectivity index (χ0) is 43.5. The molecule has 21 nitrogen and oxygen atoms in total. The van der Waals surface area contributed by atoms with E-state index in [0.29, 0.717) is 12.8 Å². The highest BCUT2D eigenvalue weighted by Crippen LogP contribution is 2.11. The maximum atomic E-state index is 11.7. The normalized spacial score (nSPS) is 16.4. The second-order valence-electron chi connectivity index (χ2n) is 11.3. The van der Waals surface area contributed by atoms with Crippen LogP contribution in [0.1, 0.15) is 72.6 Å². The van der Waals surface area contributed by atoms with Crippen LogP contribution in [0.5, 0.6) is 0 Å². The molecule has 0 aromatic rings. The summed E-state index contributed by atoms with van der Waals surface area (Å²) in [5.41, 5.74) is -0.505. The summed E-state index contributed by atoms with van der Waals surface area (Å²) in [4.78, 5) is 109. The van der Waals surface area contributed by atoms with Crippen molar-refractivity contribution in [2.75, 3.05) is 26.4 Å². The van der Waals surface area contributed by atoms with E-state index < -0.39 is 97.0 Å². The first-order valence-corrected chi connectivity index (χ1v) is 16.7. The van der Waals surface area contributed by atoms with Crippen molar-refractivity contribution < 1.29 is 102 Å². The molecule has 0 aliphatic carbocycles. The number of aliphatic hydroxyl groups is 2. The van der Waals surface area contributed by atoms with Crippen LogP contribution in [0, 0.1) is 0 Å². The lowest BCUT2D eigenvalue weighted by Gasteiger charge is -2.22. The molecule has 2 rings (SSSR count). The zero-order valence-electron chi connectivity index (χ0n) is 31.4. The smallest absolute Gasteiger partial charge is 0.347 e. The van der Waals surface area contributed by atoms with Crippen molar-refractivity contribution in [2.24, 2.45) is 0 Å². The maximum absolute atomic E-state index is 11.7. The van der Waals surface area contributed by atoms with E-state index in [-0.39, 0.29) is 49.6 Å². The Kier molecular flexibility index (Phi) is 26.5. The van der Waals surface area contributed by atoms with Gasteiger partial charge < -0.3 is 53.6 Å². The third-order valence-corrected chi connectivity index (χ3v) is 6.30. The van der Waals surface area contributed by atoms with Gasteiger partial charge in [0.25, 0.3) is 0 Å². The Balaban J connectivity index is 0. The molecule has 2 aliphatic rings. The highest BCUT2D eigenvalue weighted by molar-refractivity contribution is 6.05. The van der Waals surface area contributed by atoms with Crippen molar-refractivity contribution in [1.29, 1.82) is 0 Å². The molecule has 0 spiro atoms. The van der Waals surface area contributed by atoms with E-state index in [1.54, 1.807) is 0 Å². The number of rotatable bonds is 18. The third-order valence-electron chi connectivity index (χ3n) is 6.30. The number of ether oxygens (including phenoxy) is 7. The topological polar surface area (TPSA) is 316 Å². The standard InChI is InChI=1S/C20H26O12.C6H8O4.C5H4O3.C4H10O2/c1-11(17(23)24)9-15(21)31-13(3)19(27)29-7-5-6-8-30-20(28)14(4)32-16(22)10-12(2)18(25)26;1-3-5(7)10-4(2)6(8)9-3;1-3-2-4(6)8-5(3)7;5-3-1-2-4-6/h13-14H,1-2,5-10H2,3-4H3,(H,23,24)(H,25,26);3-4H,1-2H3;1-2H2;5-6H,1-4H2. The van der Waals surface area contributed by atoms with E-state index in [1.165, 1.54) is 27.7 Å². The van der Waals surface area contributed by atoms with Crippen molar-refractivity contribution in [2.45, 2.75) is 97.1 Å². The van der Waals surface area contributed by atoms with Gasteiger partial charge in [-0.2, -0.15) is 0 Å². The van der Waals surface area contributed by atoms with Crippen LogP contribution in [0.4, 0.5) is 0 Å². The summed E-state index contributed by atoms with van der Waals surface area (Å²) in [6, 6.07) is 0.